The summed E-state index contributed by atoms with van der Waals surface area (Å²) < 4.78 is 2.51. The Morgan fingerprint density at radius 2 is 2.10 bits per heavy atom. The molecule has 0 bridgehead atoms. The molecule has 4 rings (SSSR count). The molecule has 0 fully saturated rings. The highest BCUT2D eigenvalue weighted by Crippen LogP contribution is 2.28. The van der Waals surface area contributed by atoms with Gasteiger partial charge in [0.1, 0.15) is 0 Å². The molecule has 0 aliphatic carbocycles. The van der Waals surface area contributed by atoms with E-state index in [1.807, 2.05) is 18.5 Å². The Morgan fingerprint density at radius 1 is 1.14 bits per heavy atom. The van der Waals surface area contributed by atoms with E-state index in [-0.39, 0.29) is 0 Å². The standard InChI is InChI=1S/C18H19N3/c1-2-6-17-15(5-1)16-13-20-10-7-18(16)21(17)11-8-14-4-3-9-19-12-14/h1-6,9,12,20H,7-8,10-11,13H2. The summed E-state index contributed by atoms with van der Waals surface area (Å²) in [6, 6.07) is 13.0. The van der Waals surface area contributed by atoms with Gasteiger partial charge in [-0.15, -0.1) is 0 Å². The largest absolute Gasteiger partial charge is 0.344 e. The number of nitrogens with zero attached hydrogens (tertiary/aromatic N) is 2. The highest BCUT2D eigenvalue weighted by molar-refractivity contribution is 5.85. The zero-order valence-corrected chi connectivity index (χ0v) is 12.0. The van der Waals surface area contributed by atoms with Crippen LogP contribution in [0.25, 0.3) is 10.9 Å². The first-order valence-electron chi connectivity index (χ1n) is 7.62. The summed E-state index contributed by atoms with van der Waals surface area (Å²) >= 11 is 0. The summed E-state index contributed by atoms with van der Waals surface area (Å²) in [5.74, 6) is 0. The van der Waals surface area contributed by atoms with E-state index in [0.29, 0.717) is 0 Å². The molecule has 1 aromatic carbocycles. The first-order valence-corrected chi connectivity index (χ1v) is 7.62. The van der Waals surface area contributed by atoms with Crippen LogP contribution in [0.15, 0.2) is 48.8 Å². The molecule has 0 atom stereocenters. The SMILES string of the molecule is c1cncc(CCn2c3c(c4ccccc42)CNCC3)c1. The van der Waals surface area contributed by atoms with E-state index in [0.717, 1.165) is 32.5 Å². The minimum absolute atomic E-state index is 0.996. The molecule has 3 nitrogen and oxygen atoms in total. The fourth-order valence-electron chi connectivity index (χ4n) is 3.37. The molecule has 0 unspecified atom stereocenters. The van der Waals surface area contributed by atoms with Crippen LogP contribution >= 0.6 is 0 Å². The van der Waals surface area contributed by atoms with Crippen LogP contribution in [0.5, 0.6) is 0 Å². The van der Waals surface area contributed by atoms with Gasteiger partial charge in [0.25, 0.3) is 0 Å². The summed E-state index contributed by atoms with van der Waals surface area (Å²) in [4.78, 5) is 4.22. The molecule has 0 amide bonds. The molecule has 3 heteroatoms. The van der Waals surface area contributed by atoms with Crippen molar-refractivity contribution in [1.29, 1.82) is 0 Å². The number of pyridine rings is 1. The van der Waals surface area contributed by atoms with E-state index in [1.54, 1.807) is 0 Å². The monoisotopic (exact) mass is 277 g/mol. The van der Waals surface area contributed by atoms with Gasteiger partial charge < -0.3 is 9.88 Å². The number of aryl methyl sites for hydroxylation is 2. The van der Waals surface area contributed by atoms with E-state index < -0.39 is 0 Å². The maximum atomic E-state index is 4.22. The molecular weight excluding hydrogens is 258 g/mol. The Hall–Kier alpha value is -2.13. The van der Waals surface area contributed by atoms with Crippen LogP contribution in [0, 0.1) is 0 Å². The molecule has 3 aromatic rings. The Labute approximate surface area is 124 Å². The first-order chi connectivity index (χ1) is 10.4. The van der Waals surface area contributed by atoms with Gasteiger partial charge in [0.2, 0.25) is 0 Å². The maximum absolute atomic E-state index is 4.22. The molecule has 1 aliphatic heterocycles. The third-order valence-electron chi connectivity index (χ3n) is 4.38. The lowest BCUT2D eigenvalue weighted by Crippen LogP contribution is -2.24. The average molecular weight is 277 g/mol. The predicted molar refractivity (Wildman–Crippen MR) is 85.3 cm³/mol. The summed E-state index contributed by atoms with van der Waals surface area (Å²) in [6.45, 7) is 3.10. The van der Waals surface area contributed by atoms with Gasteiger partial charge in [0, 0.05) is 55.0 Å². The molecule has 106 valence electrons. The summed E-state index contributed by atoms with van der Waals surface area (Å²) in [5.41, 5.74) is 5.68. The third kappa shape index (κ3) is 2.24. The molecule has 0 radical (unpaired) electrons. The van der Waals surface area contributed by atoms with Crippen molar-refractivity contribution in [2.75, 3.05) is 6.54 Å². The zero-order chi connectivity index (χ0) is 14.1. The van der Waals surface area contributed by atoms with Crippen molar-refractivity contribution in [3.63, 3.8) is 0 Å². The van der Waals surface area contributed by atoms with Crippen molar-refractivity contribution < 1.29 is 0 Å². The van der Waals surface area contributed by atoms with Crippen LogP contribution in [0.1, 0.15) is 16.8 Å². The van der Waals surface area contributed by atoms with Gasteiger partial charge in [-0.05, 0) is 29.7 Å². The Bertz CT molecular complexity index is 759. The number of para-hydroxylation sites is 1. The highest BCUT2D eigenvalue weighted by Gasteiger charge is 2.18. The van der Waals surface area contributed by atoms with Crippen molar-refractivity contribution in [2.24, 2.45) is 0 Å². The quantitative estimate of drug-likeness (QED) is 0.797. The molecule has 2 aromatic heterocycles. The Kier molecular flexibility index (Phi) is 3.20. The second kappa shape index (κ2) is 5.34. The number of hydrogen-bond donors (Lipinski definition) is 1. The van der Waals surface area contributed by atoms with Gasteiger partial charge in [0.15, 0.2) is 0 Å². The van der Waals surface area contributed by atoms with Crippen LogP contribution < -0.4 is 5.32 Å². The molecule has 3 heterocycles. The molecule has 1 aliphatic rings. The molecule has 0 spiro atoms. The number of benzene rings is 1. The van der Waals surface area contributed by atoms with Crippen molar-refractivity contribution in [2.45, 2.75) is 25.9 Å². The predicted octanol–water partition coefficient (Wildman–Crippen LogP) is 2.92. The van der Waals surface area contributed by atoms with E-state index in [4.69, 9.17) is 0 Å². The normalized spacial score (nSPS) is 14.3. The van der Waals surface area contributed by atoms with Gasteiger partial charge >= 0.3 is 0 Å². The van der Waals surface area contributed by atoms with Crippen molar-refractivity contribution in [3.05, 3.63) is 65.6 Å². The summed E-state index contributed by atoms with van der Waals surface area (Å²) in [5, 5.41) is 4.91. The fourth-order valence-corrected chi connectivity index (χ4v) is 3.37. The molecule has 21 heavy (non-hydrogen) atoms. The van der Waals surface area contributed by atoms with Gasteiger partial charge in [-0.1, -0.05) is 24.3 Å². The van der Waals surface area contributed by atoms with Gasteiger partial charge in [-0.3, -0.25) is 4.98 Å². The van der Waals surface area contributed by atoms with Gasteiger partial charge in [0.05, 0.1) is 0 Å². The van der Waals surface area contributed by atoms with E-state index in [1.165, 1.54) is 27.7 Å². The van der Waals surface area contributed by atoms with Crippen LogP contribution in [0.4, 0.5) is 0 Å². The van der Waals surface area contributed by atoms with Crippen LogP contribution in [0.3, 0.4) is 0 Å². The zero-order valence-electron chi connectivity index (χ0n) is 12.0. The van der Waals surface area contributed by atoms with Gasteiger partial charge in [-0.25, -0.2) is 0 Å². The second-order valence-corrected chi connectivity index (χ2v) is 5.63. The third-order valence-corrected chi connectivity index (χ3v) is 4.38. The molecule has 0 saturated carbocycles. The minimum atomic E-state index is 0.996. The highest BCUT2D eigenvalue weighted by atomic mass is 15.0. The van der Waals surface area contributed by atoms with E-state index in [9.17, 15) is 0 Å². The number of rotatable bonds is 3. The van der Waals surface area contributed by atoms with Crippen molar-refractivity contribution >= 4 is 10.9 Å². The second-order valence-electron chi connectivity index (χ2n) is 5.63. The Balaban J connectivity index is 1.74. The van der Waals surface area contributed by atoms with Crippen LogP contribution in [0.2, 0.25) is 0 Å². The molecule has 1 N–H and O–H groups in total. The number of hydrogen-bond acceptors (Lipinski definition) is 2. The molecular formula is C18H19N3. The van der Waals surface area contributed by atoms with Crippen LogP contribution in [-0.2, 0) is 25.9 Å². The lowest BCUT2D eigenvalue weighted by Gasteiger charge is -2.17. The van der Waals surface area contributed by atoms with Gasteiger partial charge in [-0.2, -0.15) is 0 Å². The smallest absolute Gasteiger partial charge is 0.0486 e. The van der Waals surface area contributed by atoms with E-state index >= 15 is 0 Å². The Morgan fingerprint density at radius 3 is 3.00 bits per heavy atom. The molecule has 0 saturated heterocycles. The number of fused-ring (bicyclic) bond motifs is 3. The topological polar surface area (TPSA) is 29.9 Å². The summed E-state index contributed by atoms with van der Waals surface area (Å²) in [7, 11) is 0. The number of aromatic nitrogens is 2. The number of nitrogens with one attached hydrogen (secondary N) is 1. The van der Waals surface area contributed by atoms with Crippen molar-refractivity contribution in [3.8, 4) is 0 Å². The summed E-state index contributed by atoms with van der Waals surface area (Å²) in [6.07, 6.45) is 5.96. The lowest BCUT2D eigenvalue weighted by atomic mass is 10.1. The van der Waals surface area contributed by atoms with E-state index in [2.05, 4.69) is 45.2 Å². The lowest BCUT2D eigenvalue weighted by molar-refractivity contribution is 0.594. The fraction of sp³-hybridized carbons (Fsp3) is 0.278. The van der Waals surface area contributed by atoms with Crippen molar-refractivity contribution in [1.82, 2.24) is 14.9 Å². The first kappa shape index (κ1) is 12.6. The van der Waals surface area contributed by atoms with Crippen LogP contribution in [-0.4, -0.2) is 16.1 Å². The minimum Gasteiger partial charge on any atom is -0.344 e. The maximum Gasteiger partial charge on any atom is 0.0486 e. The average Bonchev–Trinajstić information content (AvgIpc) is 2.88.